The number of Topliss-reactive ketones (excluding diaryl/α,β-unsaturated/α-hetero) is 1. The third-order valence-electron chi connectivity index (χ3n) is 2.62. The number of carbonyl (C=O) groups excluding carboxylic acids is 1. The largest absolute Gasteiger partial charge is 0.297 e. The topological polar surface area (TPSA) is 66.6 Å². The fourth-order valence-electron chi connectivity index (χ4n) is 1.83. The number of hydrogen-bond acceptors (Lipinski definition) is 4. The van der Waals surface area contributed by atoms with Crippen molar-refractivity contribution in [1.82, 2.24) is 9.97 Å². The van der Waals surface area contributed by atoms with Crippen molar-refractivity contribution in [2.24, 2.45) is 0 Å². The summed E-state index contributed by atoms with van der Waals surface area (Å²) in [4.78, 5) is 19.6. The molecule has 1 aromatic rings. The molecule has 0 amide bonds. The number of nitrogens with zero attached hydrogens (tertiary/aromatic N) is 3. The number of ketones is 1. The molecule has 0 saturated heterocycles. The molecule has 0 bridgehead atoms. The fourth-order valence-corrected chi connectivity index (χ4v) is 1.83. The molecular formula is C10H9N3O. The maximum absolute atomic E-state index is 11.6. The van der Waals surface area contributed by atoms with Gasteiger partial charge in [-0.05, 0) is 12.8 Å². The molecule has 1 saturated carbocycles. The van der Waals surface area contributed by atoms with Gasteiger partial charge in [0.05, 0.1) is 18.0 Å². The summed E-state index contributed by atoms with van der Waals surface area (Å²) in [5.41, 5.74) is -0.529. The molecule has 4 nitrogen and oxygen atoms in total. The molecule has 1 aromatic heterocycles. The smallest absolute Gasteiger partial charge is 0.159 e. The summed E-state index contributed by atoms with van der Waals surface area (Å²) >= 11 is 0. The Morgan fingerprint density at radius 2 is 2.36 bits per heavy atom. The van der Waals surface area contributed by atoms with Crippen molar-refractivity contribution in [2.45, 2.75) is 24.7 Å². The van der Waals surface area contributed by atoms with Gasteiger partial charge in [-0.25, -0.2) is 0 Å². The summed E-state index contributed by atoms with van der Waals surface area (Å²) in [7, 11) is 0. The number of rotatable bonds is 1. The Morgan fingerprint density at radius 3 is 2.86 bits per heavy atom. The number of hydrogen-bond donors (Lipinski definition) is 0. The third-order valence-corrected chi connectivity index (χ3v) is 2.62. The van der Waals surface area contributed by atoms with E-state index in [-0.39, 0.29) is 5.78 Å². The normalized spacial score (nSPS) is 26.1. The monoisotopic (exact) mass is 187 g/mol. The van der Waals surface area contributed by atoms with Crippen LogP contribution in [0.1, 0.15) is 25.0 Å². The first kappa shape index (κ1) is 8.82. The highest BCUT2D eigenvalue weighted by Crippen LogP contribution is 2.36. The van der Waals surface area contributed by atoms with E-state index in [0.717, 1.165) is 6.42 Å². The van der Waals surface area contributed by atoms with Gasteiger partial charge in [0.25, 0.3) is 0 Å². The Hall–Kier alpha value is -1.76. The van der Waals surface area contributed by atoms with Gasteiger partial charge < -0.3 is 0 Å². The van der Waals surface area contributed by atoms with Gasteiger partial charge >= 0.3 is 0 Å². The lowest BCUT2D eigenvalue weighted by atomic mass is 9.84. The maximum Gasteiger partial charge on any atom is 0.159 e. The van der Waals surface area contributed by atoms with E-state index >= 15 is 0 Å². The van der Waals surface area contributed by atoms with Gasteiger partial charge in [0, 0.05) is 18.8 Å². The van der Waals surface area contributed by atoms with Crippen molar-refractivity contribution in [3.05, 3.63) is 24.3 Å². The van der Waals surface area contributed by atoms with E-state index in [9.17, 15) is 4.79 Å². The van der Waals surface area contributed by atoms with E-state index in [0.29, 0.717) is 18.5 Å². The van der Waals surface area contributed by atoms with Crippen LogP contribution in [-0.2, 0) is 10.2 Å². The molecule has 1 aliphatic carbocycles. The van der Waals surface area contributed by atoms with Crippen LogP contribution in [0.25, 0.3) is 0 Å². The van der Waals surface area contributed by atoms with E-state index in [4.69, 9.17) is 5.26 Å². The van der Waals surface area contributed by atoms with Crippen LogP contribution in [0.2, 0.25) is 0 Å². The minimum atomic E-state index is -1.02. The van der Waals surface area contributed by atoms with Crippen LogP contribution < -0.4 is 0 Å². The first-order chi connectivity index (χ1) is 6.79. The van der Waals surface area contributed by atoms with Crippen molar-refractivity contribution in [3.8, 4) is 6.07 Å². The molecule has 0 radical (unpaired) electrons. The molecule has 2 rings (SSSR count). The van der Waals surface area contributed by atoms with Crippen molar-refractivity contribution >= 4 is 5.78 Å². The summed E-state index contributed by atoms with van der Waals surface area (Å²) in [6.45, 7) is 0. The third kappa shape index (κ3) is 1.10. The lowest BCUT2D eigenvalue weighted by molar-refractivity contribution is -0.120. The van der Waals surface area contributed by atoms with E-state index in [1.807, 2.05) is 0 Å². The molecule has 1 aliphatic rings. The van der Waals surface area contributed by atoms with Crippen molar-refractivity contribution in [2.75, 3.05) is 0 Å². The van der Waals surface area contributed by atoms with Crippen molar-refractivity contribution in [3.63, 3.8) is 0 Å². The number of nitriles is 1. The van der Waals surface area contributed by atoms with Crippen LogP contribution >= 0.6 is 0 Å². The van der Waals surface area contributed by atoms with Crippen LogP contribution in [0.15, 0.2) is 18.6 Å². The highest BCUT2D eigenvalue weighted by molar-refractivity contribution is 5.94. The Bertz CT molecular complexity index is 396. The summed E-state index contributed by atoms with van der Waals surface area (Å²) in [5.74, 6) is -0.0273. The molecule has 4 heteroatoms. The Morgan fingerprint density at radius 1 is 1.50 bits per heavy atom. The second-order valence-corrected chi connectivity index (χ2v) is 3.38. The average Bonchev–Trinajstić information content (AvgIpc) is 2.62. The van der Waals surface area contributed by atoms with Crippen molar-refractivity contribution < 1.29 is 4.79 Å². The SMILES string of the molecule is N#CC1(c2cnccn2)CCCC1=O. The van der Waals surface area contributed by atoms with Gasteiger partial charge in [-0.3, -0.25) is 14.8 Å². The highest BCUT2D eigenvalue weighted by atomic mass is 16.1. The quantitative estimate of drug-likeness (QED) is 0.657. The molecule has 1 fully saturated rings. The fraction of sp³-hybridized carbons (Fsp3) is 0.400. The zero-order chi connectivity index (χ0) is 10.0. The van der Waals surface area contributed by atoms with E-state index in [1.165, 1.54) is 18.6 Å². The minimum Gasteiger partial charge on any atom is -0.297 e. The predicted molar refractivity (Wildman–Crippen MR) is 48.2 cm³/mol. The van der Waals surface area contributed by atoms with Gasteiger partial charge in [-0.15, -0.1) is 0 Å². The molecule has 14 heavy (non-hydrogen) atoms. The molecule has 0 spiro atoms. The maximum atomic E-state index is 11.6. The summed E-state index contributed by atoms with van der Waals surface area (Å²) < 4.78 is 0. The van der Waals surface area contributed by atoms with Crippen LogP contribution in [0.5, 0.6) is 0 Å². The molecular weight excluding hydrogens is 178 g/mol. The van der Waals surface area contributed by atoms with Crippen LogP contribution in [0, 0.1) is 11.3 Å². The Balaban J connectivity index is 2.50. The van der Waals surface area contributed by atoms with Crippen LogP contribution in [0.4, 0.5) is 0 Å². The first-order valence-electron chi connectivity index (χ1n) is 4.51. The van der Waals surface area contributed by atoms with Gasteiger partial charge in [-0.1, -0.05) is 0 Å². The lowest BCUT2D eigenvalue weighted by Gasteiger charge is -2.16. The van der Waals surface area contributed by atoms with Gasteiger partial charge in [0.1, 0.15) is 0 Å². The van der Waals surface area contributed by atoms with Gasteiger partial charge in [0.2, 0.25) is 0 Å². The van der Waals surface area contributed by atoms with E-state index in [1.54, 1.807) is 0 Å². The molecule has 0 aromatic carbocycles. The lowest BCUT2D eigenvalue weighted by Crippen LogP contribution is -2.30. The summed E-state index contributed by atoms with van der Waals surface area (Å²) in [5, 5.41) is 9.10. The van der Waals surface area contributed by atoms with E-state index < -0.39 is 5.41 Å². The first-order valence-corrected chi connectivity index (χ1v) is 4.51. The summed E-state index contributed by atoms with van der Waals surface area (Å²) in [6.07, 6.45) is 6.37. The number of aromatic nitrogens is 2. The highest BCUT2D eigenvalue weighted by Gasteiger charge is 2.45. The molecule has 70 valence electrons. The molecule has 1 heterocycles. The zero-order valence-corrected chi connectivity index (χ0v) is 7.60. The van der Waals surface area contributed by atoms with Gasteiger partial charge in [-0.2, -0.15) is 5.26 Å². The average molecular weight is 187 g/mol. The second kappa shape index (κ2) is 3.18. The molecule has 0 N–H and O–H groups in total. The van der Waals surface area contributed by atoms with Gasteiger partial charge in [0.15, 0.2) is 11.2 Å². The van der Waals surface area contributed by atoms with Crippen molar-refractivity contribution in [1.29, 1.82) is 5.26 Å². The molecule has 1 unspecified atom stereocenters. The standard InChI is InChI=1S/C10H9N3O/c11-7-10(3-1-2-9(10)14)8-6-12-4-5-13-8/h4-6H,1-3H2. The van der Waals surface area contributed by atoms with E-state index in [2.05, 4.69) is 16.0 Å². The predicted octanol–water partition coefficient (Wildman–Crippen LogP) is 0.991. The summed E-state index contributed by atoms with van der Waals surface area (Å²) in [6, 6.07) is 2.09. The molecule has 0 aliphatic heterocycles. The molecule has 1 atom stereocenters. The number of carbonyl (C=O) groups is 1. The zero-order valence-electron chi connectivity index (χ0n) is 7.60. The van der Waals surface area contributed by atoms with Crippen LogP contribution in [-0.4, -0.2) is 15.8 Å². The Labute approximate surface area is 81.6 Å². The minimum absolute atomic E-state index is 0.0273. The second-order valence-electron chi connectivity index (χ2n) is 3.38. The van der Waals surface area contributed by atoms with Crippen LogP contribution in [0.3, 0.4) is 0 Å². The Kier molecular flexibility index (Phi) is 2.01.